The van der Waals surface area contributed by atoms with Gasteiger partial charge in [0.1, 0.15) is 0 Å². The number of fused-ring (bicyclic) bond motifs is 1. The quantitative estimate of drug-likeness (QED) is 0.666. The molecular weight excluding hydrogens is 292 g/mol. The number of ether oxygens (including phenoxy) is 1. The van der Waals surface area contributed by atoms with E-state index in [1.54, 1.807) is 0 Å². The van der Waals surface area contributed by atoms with Crippen molar-refractivity contribution in [1.29, 1.82) is 0 Å². The molecule has 1 aromatic rings. The molecule has 0 spiro atoms. The predicted molar refractivity (Wildman–Crippen MR) is 88.8 cm³/mol. The highest BCUT2D eigenvalue weighted by Gasteiger charge is 2.28. The molecule has 2 aliphatic rings. The summed E-state index contributed by atoms with van der Waals surface area (Å²) in [6, 6.07) is 5.89. The number of carbonyl (C=O) groups is 2. The summed E-state index contributed by atoms with van der Waals surface area (Å²) in [6.45, 7) is 5.05. The Labute approximate surface area is 137 Å². The van der Waals surface area contributed by atoms with Crippen molar-refractivity contribution in [2.45, 2.75) is 26.2 Å². The number of Topliss-reactive ketones (excluding diaryl/α,β-unsaturated/α-hetero) is 1. The Morgan fingerprint density at radius 2 is 2.26 bits per heavy atom. The number of hydrogen-bond acceptors (Lipinski definition) is 5. The maximum Gasteiger partial charge on any atom is 0.310 e. The topological polar surface area (TPSA) is 58.6 Å². The molecule has 0 amide bonds. The first-order chi connectivity index (χ1) is 11.2. The number of piperidine rings is 1. The highest BCUT2D eigenvalue weighted by molar-refractivity contribution is 5.98. The van der Waals surface area contributed by atoms with Crippen molar-refractivity contribution < 1.29 is 14.3 Å². The van der Waals surface area contributed by atoms with E-state index in [0.29, 0.717) is 19.7 Å². The van der Waals surface area contributed by atoms with Gasteiger partial charge in [0.2, 0.25) is 0 Å². The van der Waals surface area contributed by atoms with E-state index in [0.717, 1.165) is 43.6 Å². The van der Waals surface area contributed by atoms with Crippen molar-refractivity contribution in [2.24, 2.45) is 5.92 Å². The molecule has 5 nitrogen and oxygen atoms in total. The second-order valence-electron chi connectivity index (χ2n) is 6.30. The molecule has 1 aromatic carbocycles. The zero-order chi connectivity index (χ0) is 16.2. The third kappa shape index (κ3) is 3.72. The van der Waals surface area contributed by atoms with Gasteiger partial charge in [-0.2, -0.15) is 0 Å². The molecule has 5 heteroatoms. The van der Waals surface area contributed by atoms with Gasteiger partial charge in [-0.3, -0.25) is 14.5 Å². The lowest BCUT2D eigenvalue weighted by molar-refractivity contribution is -0.149. The van der Waals surface area contributed by atoms with Crippen molar-refractivity contribution >= 4 is 17.4 Å². The lowest BCUT2D eigenvalue weighted by atomic mass is 9.97. The maximum absolute atomic E-state index is 12.5. The van der Waals surface area contributed by atoms with Gasteiger partial charge in [0.15, 0.2) is 5.78 Å². The Balaban J connectivity index is 1.60. The molecule has 0 aliphatic carbocycles. The summed E-state index contributed by atoms with van der Waals surface area (Å²) < 4.78 is 5.11. The molecule has 0 saturated carbocycles. The van der Waals surface area contributed by atoms with E-state index in [4.69, 9.17) is 4.74 Å². The van der Waals surface area contributed by atoms with Crippen molar-refractivity contribution in [3.8, 4) is 0 Å². The fourth-order valence-electron chi connectivity index (χ4n) is 3.42. The number of esters is 1. The van der Waals surface area contributed by atoms with Crippen LogP contribution in [0.3, 0.4) is 0 Å². The van der Waals surface area contributed by atoms with E-state index in [9.17, 15) is 9.59 Å². The summed E-state index contributed by atoms with van der Waals surface area (Å²) in [4.78, 5) is 26.5. The van der Waals surface area contributed by atoms with Gasteiger partial charge in [-0.25, -0.2) is 0 Å². The molecule has 1 N–H and O–H groups in total. The monoisotopic (exact) mass is 316 g/mol. The van der Waals surface area contributed by atoms with Crippen LogP contribution in [0.2, 0.25) is 0 Å². The Morgan fingerprint density at radius 1 is 1.39 bits per heavy atom. The van der Waals surface area contributed by atoms with Gasteiger partial charge in [-0.05, 0) is 56.5 Å². The third-order valence-corrected chi connectivity index (χ3v) is 4.63. The molecule has 1 unspecified atom stereocenters. The number of ketones is 1. The van der Waals surface area contributed by atoms with E-state index in [2.05, 4.69) is 10.2 Å². The highest BCUT2D eigenvalue weighted by atomic mass is 16.5. The molecule has 124 valence electrons. The first-order valence-electron chi connectivity index (χ1n) is 8.46. The predicted octanol–water partition coefficient (Wildman–Crippen LogP) is 2.11. The number of likely N-dealkylation sites (tertiary alicyclic amines) is 1. The molecule has 2 heterocycles. The number of anilines is 1. The zero-order valence-corrected chi connectivity index (χ0v) is 13.6. The molecule has 3 rings (SSSR count). The van der Waals surface area contributed by atoms with Crippen LogP contribution in [-0.4, -0.2) is 49.4 Å². The Bertz CT molecular complexity index is 600. The van der Waals surface area contributed by atoms with Crippen LogP contribution in [0.25, 0.3) is 0 Å². The Kier molecular flexibility index (Phi) is 4.96. The third-order valence-electron chi connectivity index (χ3n) is 4.63. The lowest BCUT2D eigenvalue weighted by Gasteiger charge is -2.30. The minimum absolute atomic E-state index is 0.0966. The van der Waals surface area contributed by atoms with Crippen molar-refractivity contribution in [3.05, 3.63) is 29.3 Å². The van der Waals surface area contributed by atoms with Crippen LogP contribution in [0, 0.1) is 5.92 Å². The molecule has 0 aromatic heterocycles. The van der Waals surface area contributed by atoms with Crippen LogP contribution in [0.1, 0.15) is 35.7 Å². The standard InChI is InChI=1S/C18H24N2O3/c1-2-23-18(22)15-4-3-9-20(11-15)12-17(21)14-5-6-16-13(10-14)7-8-19-16/h5-6,10,15,19H,2-4,7-9,11-12H2,1H3. The van der Waals surface area contributed by atoms with Crippen LogP contribution >= 0.6 is 0 Å². The summed E-state index contributed by atoms with van der Waals surface area (Å²) in [5.74, 6) is -0.0989. The minimum Gasteiger partial charge on any atom is -0.466 e. The van der Waals surface area contributed by atoms with E-state index in [1.165, 1.54) is 5.56 Å². The van der Waals surface area contributed by atoms with Crippen molar-refractivity contribution in [2.75, 3.05) is 38.1 Å². The summed E-state index contributed by atoms with van der Waals surface area (Å²) in [6.07, 6.45) is 2.77. The molecule has 1 saturated heterocycles. The normalized spacial score (nSPS) is 20.7. The second kappa shape index (κ2) is 7.13. The van der Waals surface area contributed by atoms with E-state index < -0.39 is 0 Å². The fraction of sp³-hybridized carbons (Fsp3) is 0.556. The first kappa shape index (κ1) is 16.0. The van der Waals surface area contributed by atoms with Crippen molar-refractivity contribution in [3.63, 3.8) is 0 Å². The Morgan fingerprint density at radius 3 is 3.09 bits per heavy atom. The largest absolute Gasteiger partial charge is 0.466 e. The van der Waals surface area contributed by atoms with Crippen LogP contribution in [0.5, 0.6) is 0 Å². The summed E-state index contributed by atoms with van der Waals surface area (Å²) in [5.41, 5.74) is 3.13. The van der Waals surface area contributed by atoms with Gasteiger partial charge in [-0.15, -0.1) is 0 Å². The van der Waals surface area contributed by atoms with E-state index in [1.807, 2.05) is 25.1 Å². The number of hydrogen-bond donors (Lipinski definition) is 1. The highest BCUT2D eigenvalue weighted by Crippen LogP contribution is 2.24. The second-order valence-corrected chi connectivity index (χ2v) is 6.30. The van der Waals surface area contributed by atoms with Gasteiger partial charge in [0.25, 0.3) is 0 Å². The molecule has 0 bridgehead atoms. The number of carbonyl (C=O) groups excluding carboxylic acids is 2. The average molecular weight is 316 g/mol. The smallest absolute Gasteiger partial charge is 0.310 e. The number of nitrogens with zero attached hydrogens (tertiary/aromatic N) is 1. The van der Waals surface area contributed by atoms with Crippen LogP contribution in [0.4, 0.5) is 5.69 Å². The SMILES string of the molecule is CCOC(=O)C1CCCN(CC(=O)c2ccc3c(c2)CCN3)C1. The van der Waals surface area contributed by atoms with Gasteiger partial charge >= 0.3 is 5.97 Å². The average Bonchev–Trinajstić information content (AvgIpc) is 3.03. The van der Waals surface area contributed by atoms with Crippen LogP contribution < -0.4 is 5.32 Å². The van der Waals surface area contributed by atoms with Gasteiger partial charge in [0, 0.05) is 24.3 Å². The Hall–Kier alpha value is -1.88. The maximum atomic E-state index is 12.5. The molecular formula is C18H24N2O3. The number of nitrogens with one attached hydrogen (secondary N) is 1. The molecule has 1 atom stereocenters. The van der Waals surface area contributed by atoms with Crippen LogP contribution in [-0.2, 0) is 16.0 Å². The summed E-state index contributed by atoms with van der Waals surface area (Å²) in [7, 11) is 0. The van der Waals surface area contributed by atoms with E-state index in [-0.39, 0.29) is 17.7 Å². The summed E-state index contributed by atoms with van der Waals surface area (Å²) >= 11 is 0. The van der Waals surface area contributed by atoms with Crippen molar-refractivity contribution in [1.82, 2.24) is 4.90 Å². The minimum atomic E-state index is -0.131. The van der Waals surface area contributed by atoms with Gasteiger partial charge < -0.3 is 10.1 Å². The number of benzene rings is 1. The molecule has 0 radical (unpaired) electrons. The molecule has 1 fully saturated rings. The van der Waals surface area contributed by atoms with Crippen LogP contribution in [0.15, 0.2) is 18.2 Å². The zero-order valence-electron chi connectivity index (χ0n) is 13.6. The molecule has 2 aliphatic heterocycles. The number of rotatable bonds is 5. The summed E-state index contributed by atoms with van der Waals surface area (Å²) in [5, 5.41) is 3.30. The lowest BCUT2D eigenvalue weighted by Crippen LogP contribution is -2.41. The first-order valence-corrected chi connectivity index (χ1v) is 8.46. The van der Waals surface area contributed by atoms with Gasteiger partial charge in [0.05, 0.1) is 19.1 Å². The van der Waals surface area contributed by atoms with Gasteiger partial charge in [-0.1, -0.05) is 0 Å². The van der Waals surface area contributed by atoms with E-state index >= 15 is 0 Å². The fourth-order valence-corrected chi connectivity index (χ4v) is 3.42. The molecule has 23 heavy (non-hydrogen) atoms.